The van der Waals surface area contributed by atoms with Gasteiger partial charge in [0.25, 0.3) is 0 Å². The molecule has 0 aromatic heterocycles. The van der Waals surface area contributed by atoms with Crippen LogP contribution >= 0.6 is 0 Å². The molecule has 1 aliphatic heterocycles. The molecule has 1 aromatic rings. The summed E-state index contributed by atoms with van der Waals surface area (Å²) in [4.78, 5) is 11.9. The smallest absolute Gasteiger partial charge is 0.228 e. The minimum Gasteiger partial charge on any atom is -0.323 e. The summed E-state index contributed by atoms with van der Waals surface area (Å²) in [6, 6.07) is 1.43. The molecule has 2 atom stereocenters. The van der Waals surface area contributed by atoms with Gasteiger partial charge in [0.1, 0.15) is 5.82 Å². The first-order chi connectivity index (χ1) is 8.97. The average Bonchev–Trinajstić information content (AvgIpc) is 2.36. The molecule has 0 saturated carbocycles. The quantitative estimate of drug-likeness (QED) is 0.812. The molecule has 2 N–H and O–H groups in total. The van der Waals surface area contributed by atoms with Crippen LogP contribution in [0, 0.1) is 23.4 Å². The molecular weight excluding hydrogens is 257 g/mol. The first kappa shape index (κ1) is 13.9. The average molecular weight is 272 g/mol. The summed E-state index contributed by atoms with van der Waals surface area (Å²) in [5, 5.41) is 5.45. The summed E-state index contributed by atoms with van der Waals surface area (Å²) in [6.45, 7) is 2.52. The highest BCUT2D eigenvalue weighted by molar-refractivity contribution is 5.92. The van der Waals surface area contributed by atoms with Crippen LogP contribution in [-0.4, -0.2) is 18.5 Å². The van der Waals surface area contributed by atoms with Crippen LogP contribution in [0.5, 0.6) is 0 Å². The van der Waals surface area contributed by atoms with Crippen molar-refractivity contribution in [1.29, 1.82) is 0 Å². The Labute approximate surface area is 109 Å². The van der Waals surface area contributed by atoms with E-state index in [1.54, 1.807) is 0 Å². The normalized spacial score (nSPS) is 23.2. The van der Waals surface area contributed by atoms with Gasteiger partial charge in [0, 0.05) is 24.7 Å². The highest BCUT2D eigenvalue weighted by Crippen LogP contribution is 2.21. The number of anilines is 1. The number of hydrogen-bond acceptors (Lipinski definition) is 2. The van der Waals surface area contributed by atoms with Crippen molar-refractivity contribution >= 4 is 11.6 Å². The monoisotopic (exact) mass is 272 g/mol. The Morgan fingerprint density at radius 1 is 1.21 bits per heavy atom. The van der Waals surface area contributed by atoms with E-state index in [1.807, 2.05) is 6.92 Å². The number of halogens is 3. The van der Waals surface area contributed by atoms with Gasteiger partial charge in [0.15, 0.2) is 11.6 Å². The van der Waals surface area contributed by atoms with Crippen molar-refractivity contribution in [2.24, 2.45) is 5.92 Å². The number of carbonyl (C=O) groups excluding carboxylic acids is 1. The van der Waals surface area contributed by atoms with Gasteiger partial charge in [-0.1, -0.05) is 0 Å². The molecule has 2 unspecified atom stereocenters. The van der Waals surface area contributed by atoms with Gasteiger partial charge in [-0.2, -0.15) is 0 Å². The summed E-state index contributed by atoms with van der Waals surface area (Å²) in [6.07, 6.45) is 1.53. The first-order valence-corrected chi connectivity index (χ1v) is 6.16. The Hall–Kier alpha value is -1.56. The van der Waals surface area contributed by atoms with Gasteiger partial charge in [0.2, 0.25) is 5.91 Å². The minimum atomic E-state index is -1.27. The lowest BCUT2D eigenvalue weighted by atomic mass is 9.95. The van der Waals surface area contributed by atoms with Crippen molar-refractivity contribution < 1.29 is 18.0 Å². The molecule has 1 aliphatic rings. The van der Waals surface area contributed by atoms with E-state index >= 15 is 0 Å². The Bertz CT molecular complexity index is 485. The Balaban J connectivity index is 2.05. The van der Waals surface area contributed by atoms with E-state index < -0.39 is 17.5 Å². The lowest BCUT2D eigenvalue weighted by molar-refractivity contribution is -0.120. The van der Waals surface area contributed by atoms with Crippen molar-refractivity contribution in [1.82, 2.24) is 5.32 Å². The topological polar surface area (TPSA) is 41.1 Å². The molecule has 19 heavy (non-hydrogen) atoms. The van der Waals surface area contributed by atoms with Gasteiger partial charge >= 0.3 is 0 Å². The van der Waals surface area contributed by atoms with Crippen LogP contribution in [-0.2, 0) is 4.79 Å². The van der Waals surface area contributed by atoms with Crippen molar-refractivity contribution in [3.8, 4) is 0 Å². The van der Waals surface area contributed by atoms with Gasteiger partial charge in [-0.25, -0.2) is 13.2 Å². The maximum absolute atomic E-state index is 13.4. The number of amides is 1. The van der Waals surface area contributed by atoms with Gasteiger partial charge in [-0.05, 0) is 19.8 Å². The highest BCUT2D eigenvalue weighted by atomic mass is 19.2. The van der Waals surface area contributed by atoms with Crippen LogP contribution in [0.3, 0.4) is 0 Å². The van der Waals surface area contributed by atoms with E-state index in [0.29, 0.717) is 31.1 Å². The summed E-state index contributed by atoms with van der Waals surface area (Å²) >= 11 is 0. The fourth-order valence-corrected chi connectivity index (χ4v) is 2.08. The molecule has 6 heteroatoms. The maximum Gasteiger partial charge on any atom is 0.228 e. The van der Waals surface area contributed by atoms with Crippen molar-refractivity contribution in [3.63, 3.8) is 0 Å². The molecule has 1 saturated heterocycles. The molecule has 104 valence electrons. The van der Waals surface area contributed by atoms with E-state index in [1.165, 1.54) is 0 Å². The zero-order valence-corrected chi connectivity index (χ0v) is 10.5. The fourth-order valence-electron chi connectivity index (χ4n) is 2.08. The Morgan fingerprint density at radius 2 is 1.89 bits per heavy atom. The van der Waals surface area contributed by atoms with Crippen LogP contribution in [0.15, 0.2) is 12.1 Å². The third-order valence-electron chi connectivity index (χ3n) is 3.30. The lowest BCUT2D eigenvalue weighted by Crippen LogP contribution is -2.41. The zero-order chi connectivity index (χ0) is 14.0. The Kier molecular flexibility index (Phi) is 4.09. The molecule has 1 aromatic carbocycles. The van der Waals surface area contributed by atoms with E-state index in [-0.39, 0.29) is 17.5 Å². The third-order valence-corrected chi connectivity index (χ3v) is 3.30. The van der Waals surface area contributed by atoms with Gasteiger partial charge in [0.05, 0.1) is 11.6 Å². The molecule has 1 fully saturated rings. The molecule has 3 nitrogen and oxygen atoms in total. The van der Waals surface area contributed by atoms with Gasteiger partial charge in [-0.15, -0.1) is 0 Å². The first-order valence-electron chi connectivity index (χ1n) is 6.16. The van der Waals surface area contributed by atoms with Crippen molar-refractivity contribution in [2.75, 3.05) is 11.9 Å². The second-order valence-electron chi connectivity index (χ2n) is 4.82. The minimum absolute atomic E-state index is 0.288. The Morgan fingerprint density at radius 3 is 2.53 bits per heavy atom. The molecule has 0 aliphatic carbocycles. The predicted molar refractivity (Wildman–Crippen MR) is 65.1 cm³/mol. The van der Waals surface area contributed by atoms with Gasteiger partial charge < -0.3 is 10.6 Å². The number of nitrogens with one attached hydrogen (secondary N) is 2. The standard InChI is InChI=1S/C13H15F3N2O/c1-7-2-3-8(6-17-7)13(19)18-12-5-10(15)9(14)4-11(12)16/h4-5,7-8,17H,2-3,6H2,1H3,(H,18,19). The molecule has 0 bridgehead atoms. The van der Waals surface area contributed by atoms with Crippen LogP contribution < -0.4 is 10.6 Å². The lowest BCUT2D eigenvalue weighted by Gasteiger charge is -2.26. The molecule has 1 heterocycles. The highest BCUT2D eigenvalue weighted by Gasteiger charge is 2.24. The molecule has 2 rings (SSSR count). The SMILES string of the molecule is CC1CCC(C(=O)Nc2cc(F)c(F)cc2F)CN1. The predicted octanol–water partition coefficient (Wildman–Crippen LogP) is 2.43. The number of carbonyl (C=O) groups is 1. The van der Waals surface area contributed by atoms with Crippen molar-refractivity contribution in [3.05, 3.63) is 29.6 Å². The van der Waals surface area contributed by atoms with Gasteiger partial charge in [-0.3, -0.25) is 4.79 Å². The zero-order valence-electron chi connectivity index (χ0n) is 10.5. The molecule has 0 spiro atoms. The number of hydrogen-bond donors (Lipinski definition) is 2. The maximum atomic E-state index is 13.4. The second kappa shape index (κ2) is 5.61. The van der Waals surface area contributed by atoms with Crippen LogP contribution in [0.1, 0.15) is 19.8 Å². The summed E-state index contributed by atoms with van der Waals surface area (Å²) in [5.74, 6) is -4.12. The molecule has 1 amide bonds. The molecular formula is C13H15F3N2O. The van der Waals surface area contributed by atoms with Crippen LogP contribution in [0.2, 0.25) is 0 Å². The second-order valence-corrected chi connectivity index (χ2v) is 4.82. The number of piperidine rings is 1. The van der Waals surface area contributed by atoms with Crippen LogP contribution in [0.4, 0.5) is 18.9 Å². The fraction of sp³-hybridized carbons (Fsp3) is 0.462. The van der Waals surface area contributed by atoms with E-state index in [4.69, 9.17) is 0 Å². The van der Waals surface area contributed by atoms with Crippen LogP contribution in [0.25, 0.3) is 0 Å². The third kappa shape index (κ3) is 3.26. The summed E-state index contributed by atoms with van der Waals surface area (Å²) in [5.41, 5.74) is -0.331. The summed E-state index contributed by atoms with van der Waals surface area (Å²) < 4.78 is 39.1. The van der Waals surface area contributed by atoms with E-state index in [0.717, 1.165) is 6.42 Å². The summed E-state index contributed by atoms with van der Waals surface area (Å²) in [7, 11) is 0. The number of rotatable bonds is 2. The van der Waals surface area contributed by atoms with Crippen molar-refractivity contribution in [2.45, 2.75) is 25.8 Å². The largest absolute Gasteiger partial charge is 0.323 e. The van der Waals surface area contributed by atoms with E-state index in [2.05, 4.69) is 10.6 Å². The molecule has 0 radical (unpaired) electrons. The van der Waals surface area contributed by atoms with E-state index in [9.17, 15) is 18.0 Å². The number of benzene rings is 1.